The van der Waals surface area contributed by atoms with Crippen molar-refractivity contribution in [3.05, 3.63) is 29.8 Å². The number of fused-ring (bicyclic) bond motifs is 1. The van der Waals surface area contributed by atoms with E-state index in [0.29, 0.717) is 12.1 Å². The number of hydrogen-bond acceptors (Lipinski definition) is 4. The number of aromatic nitrogens is 1. The highest BCUT2D eigenvalue weighted by atomic mass is 19.1. The normalized spacial score (nSPS) is 31.8. The Kier molecular flexibility index (Phi) is 3.58. The van der Waals surface area contributed by atoms with Gasteiger partial charge in [0.2, 0.25) is 0 Å². The Morgan fingerprint density at radius 3 is 3.00 bits per heavy atom. The van der Waals surface area contributed by atoms with Gasteiger partial charge in [-0.05, 0) is 31.2 Å². The molecule has 0 unspecified atom stereocenters. The zero-order valence-electron chi connectivity index (χ0n) is 12.4. The molecule has 4 rings (SSSR count). The molecule has 1 aromatic rings. The summed E-state index contributed by atoms with van der Waals surface area (Å²) in [6.07, 6.45) is 6.34. The molecule has 0 radical (unpaired) electrons. The number of carbonyl (C=O) groups excluding carboxylic acids is 1. The van der Waals surface area contributed by atoms with E-state index >= 15 is 0 Å². The molecular formula is C16H20FN3O2. The van der Waals surface area contributed by atoms with Crippen LogP contribution in [0.3, 0.4) is 0 Å². The third kappa shape index (κ3) is 2.85. The average Bonchev–Trinajstić information content (AvgIpc) is 3.27. The minimum absolute atomic E-state index is 0.0994. The van der Waals surface area contributed by atoms with Gasteiger partial charge in [0.1, 0.15) is 5.82 Å². The second-order valence-electron chi connectivity index (χ2n) is 6.61. The molecule has 2 aliphatic heterocycles. The Morgan fingerprint density at radius 1 is 1.36 bits per heavy atom. The molecule has 1 N–H and O–H groups in total. The highest BCUT2D eigenvalue weighted by Gasteiger charge is 2.42. The monoisotopic (exact) mass is 305 g/mol. The van der Waals surface area contributed by atoms with Gasteiger partial charge in [-0.3, -0.25) is 14.7 Å². The Morgan fingerprint density at radius 2 is 2.23 bits per heavy atom. The van der Waals surface area contributed by atoms with Gasteiger partial charge in [0.25, 0.3) is 5.91 Å². The van der Waals surface area contributed by atoms with Crippen molar-refractivity contribution >= 4 is 5.91 Å². The Labute approximate surface area is 128 Å². The number of rotatable bonds is 3. The van der Waals surface area contributed by atoms with Crippen LogP contribution in [0.2, 0.25) is 0 Å². The molecule has 3 fully saturated rings. The number of carbonyl (C=O) groups is 1. The first kappa shape index (κ1) is 14.1. The molecule has 1 aliphatic carbocycles. The Balaban J connectivity index is 1.35. The fraction of sp³-hybridized carbons (Fsp3) is 0.625. The first-order valence-corrected chi connectivity index (χ1v) is 7.96. The number of amides is 1. The summed E-state index contributed by atoms with van der Waals surface area (Å²) in [5.74, 6) is 0.00151. The minimum atomic E-state index is -0.489. The van der Waals surface area contributed by atoms with E-state index in [1.807, 2.05) is 0 Å². The summed E-state index contributed by atoms with van der Waals surface area (Å²) in [7, 11) is 0. The third-order valence-electron chi connectivity index (χ3n) is 4.90. The van der Waals surface area contributed by atoms with Gasteiger partial charge in [0, 0.05) is 31.4 Å². The first-order chi connectivity index (χ1) is 10.7. The van der Waals surface area contributed by atoms with E-state index < -0.39 is 5.82 Å². The third-order valence-corrected chi connectivity index (χ3v) is 4.90. The molecule has 0 aromatic carbocycles. The second-order valence-corrected chi connectivity index (χ2v) is 6.61. The summed E-state index contributed by atoms with van der Waals surface area (Å²) in [6, 6.07) is 1.71. The molecule has 0 spiro atoms. The van der Waals surface area contributed by atoms with Crippen molar-refractivity contribution < 1.29 is 13.9 Å². The molecule has 0 bridgehead atoms. The first-order valence-electron chi connectivity index (χ1n) is 7.96. The van der Waals surface area contributed by atoms with Gasteiger partial charge in [-0.25, -0.2) is 4.39 Å². The van der Waals surface area contributed by atoms with Crippen LogP contribution in [0.1, 0.15) is 29.6 Å². The summed E-state index contributed by atoms with van der Waals surface area (Å²) in [5.41, 5.74) is 0.275. The smallest absolute Gasteiger partial charge is 0.253 e. The van der Waals surface area contributed by atoms with Gasteiger partial charge < -0.3 is 10.1 Å². The molecule has 3 heterocycles. The fourth-order valence-corrected chi connectivity index (χ4v) is 3.56. The lowest BCUT2D eigenvalue weighted by molar-refractivity contribution is -0.0581. The van der Waals surface area contributed by atoms with Crippen molar-refractivity contribution in [3.8, 4) is 0 Å². The zero-order chi connectivity index (χ0) is 15.1. The zero-order valence-corrected chi connectivity index (χ0v) is 12.4. The fourth-order valence-electron chi connectivity index (χ4n) is 3.56. The number of nitrogens with one attached hydrogen (secondary N) is 1. The highest BCUT2D eigenvalue weighted by molar-refractivity contribution is 5.94. The highest BCUT2D eigenvalue weighted by Crippen LogP contribution is 2.37. The van der Waals surface area contributed by atoms with Crippen molar-refractivity contribution in [1.82, 2.24) is 15.2 Å². The van der Waals surface area contributed by atoms with Gasteiger partial charge in [-0.2, -0.15) is 0 Å². The Bertz CT molecular complexity index is 578. The maximum absolute atomic E-state index is 13.1. The van der Waals surface area contributed by atoms with Gasteiger partial charge in [-0.15, -0.1) is 0 Å². The molecule has 3 aliphatic rings. The average molecular weight is 305 g/mol. The van der Waals surface area contributed by atoms with Crippen LogP contribution in [0, 0.1) is 11.7 Å². The van der Waals surface area contributed by atoms with Crippen LogP contribution in [-0.4, -0.2) is 53.7 Å². The van der Waals surface area contributed by atoms with E-state index in [0.717, 1.165) is 38.2 Å². The maximum Gasteiger partial charge on any atom is 0.253 e. The van der Waals surface area contributed by atoms with E-state index in [4.69, 9.17) is 4.74 Å². The van der Waals surface area contributed by atoms with Crippen molar-refractivity contribution in [1.29, 1.82) is 0 Å². The number of hydrogen-bond donors (Lipinski definition) is 1. The summed E-state index contributed by atoms with van der Waals surface area (Å²) < 4.78 is 19.1. The lowest BCUT2D eigenvalue weighted by Crippen LogP contribution is -2.47. The molecule has 1 amide bonds. The van der Waals surface area contributed by atoms with Crippen molar-refractivity contribution in [3.63, 3.8) is 0 Å². The lowest BCUT2D eigenvalue weighted by atomic mass is 10.1. The number of nitrogens with zero attached hydrogens (tertiary/aromatic N) is 2. The predicted molar refractivity (Wildman–Crippen MR) is 77.9 cm³/mol. The van der Waals surface area contributed by atoms with Crippen LogP contribution in [0.5, 0.6) is 0 Å². The second kappa shape index (κ2) is 5.59. The number of pyridine rings is 1. The van der Waals surface area contributed by atoms with Crippen LogP contribution < -0.4 is 5.32 Å². The molecule has 118 valence electrons. The molecule has 1 saturated carbocycles. The van der Waals surface area contributed by atoms with Crippen LogP contribution in [0.25, 0.3) is 0 Å². The van der Waals surface area contributed by atoms with E-state index in [2.05, 4.69) is 15.2 Å². The van der Waals surface area contributed by atoms with E-state index in [9.17, 15) is 9.18 Å². The quantitative estimate of drug-likeness (QED) is 0.912. The van der Waals surface area contributed by atoms with Crippen molar-refractivity contribution in [2.24, 2.45) is 5.92 Å². The van der Waals surface area contributed by atoms with E-state index in [1.165, 1.54) is 25.1 Å². The van der Waals surface area contributed by atoms with Gasteiger partial charge >= 0.3 is 0 Å². The molecule has 2 saturated heterocycles. The largest absolute Gasteiger partial charge is 0.375 e. The molecule has 5 nitrogen and oxygen atoms in total. The number of morpholine rings is 1. The Hall–Kier alpha value is -1.53. The summed E-state index contributed by atoms with van der Waals surface area (Å²) in [6.45, 7) is 2.59. The molecule has 22 heavy (non-hydrogen) atoms. The van der Waals surface area contributed by atoms with Crippen LogP contribution in [0.15, 0.2) is 18.5 Å². The van der Waals surface area contributed by atoms with Gasteiger partial charge in [0.05, 0.1) is 24.5 Å². The molecule has 1 aromatic heterocycles. The van der Waals surface area contributed by atoms with Crippen molar-refractivity contribution in [2.75, 3.05) is 19.7 Å². The van der Waals surface area contributed by atoms with Crippen LogP contribution in [-0.2, 0) is 4.74 Å². The number of halogens is 1. The number of ether oxygens (including phenoxy) is 1. The van der Waals surface area contributed by atoms with E-state index in [1.54, 1.807) is 0 Å². The van der Waals surface area contributed by atoms with Crippen LogP contribution in [0.4, 0.5) is 4.39 Å². The van der Waals surface area contributed by atoms with Gasteiger partial charge in [-0.1, -0.05) is 0 Å². The van der Waals surface area contributed by atoms with Gasteiger partial charge in [0.15, 0.2) is 0 Å². The molecular weight excluding hydrogens is 285 g/mol. The van der Waals surface area contributed by atoms with Crippen molar-refractivity contribution in [2.45, 2.75) is 37.5 Å². The lowest BCUT2D eigenvalue weighted by Gasteiger charge is -2.35. The summed E-state index contributed by atoms with van der Waals surface area (Å²) in [5, 5.41) is 3.00. The van der Waals surface area contributed by atoms with Crippen LogP contribution >= 0.6 is 0 Å². The maximum atomic E-state index is 13.1. The minimum Gasteiger partial charge on any atom is -0.375 e. The molecule has 6 heteroatoms. The topological polar surface area (TPSA) is 54.5 Å². The summed E-state index contributed by atoms with van der Waals surface area (Å²) in [4.78, 5) is 18.3. The molecule has 3 atom stereocenters. The van der Waals surface area contributed by atoms with E-state index in [-0.39, 0.29) is 17.5 Å². The standard InChI is InChI=1S/C16H20FN3O2/c17-12-3-11(5-18-6-12)16(21)19-13-4-14-9-22-15(10-1-2-10)8-20(14)7-13/h3,5-6,10,13-15H,1-2,4,7-9H2,(H,19,21)/t13-,14+,15-/m1/s1. The summed E-state index contributed by atoms with van der Waals surface area (Å²) >= 11 is 0. The SMILES string of the molecule is O=C(N[C@@H]1C[C@H]2CO[C@@H](C3CC3)CN2C1)c1cncc(F)c1. The predicted octanol–water partition coefficient (Wildman–Crippen LogP) is 1.20.